The van der Waals surface area contributed by atoms with E-state index in [0.717, 1.165) is 21.0 Å². The SMILES string of the molecule is Nc1ccc(Sc2ccnc(C(=O)NCc3ccccc3)c2)cc1. The van der Waals surface area contributed by atoms with E-state index in [0.29, 0.717) is 12.2 Å². The van der Waals surface area contributed by atoms with Crippen molar-refractivity contribution in [1.29, 1.82) is 0 Å². The lowest BCUT2D eigenvalue weighted by atomic mass is 10.2. The fourth-order valence-corrected chi connectivity index (χ4v) is 2.98. The van der Waals surface area contributed by atoms with Gasteiger partial charge in [-0.1, -0.05) is 42.1 Å². The number of carbonyl (C=O) groups is 1. The molecule has 3 aromatic rings. The molecule has 0 unspecified atom stereocenters. The minimum absolute atomic E-state index is 0.182. The van der Waals surface area contributed by atoms with Gasteiger partial charge in [-0.25, -0.2) is 0 Å². The fraction of sp³-hybridized carbons (Fsp3) is 0.0526. The van der Waals surface area contributed by atoms with Crippen molar-refractivity contribution in [3.05, 3.63) is 84.2 Å². The number of carbonyl (C=O) groups excluding carboxylic acids is 1. The van der Waals surface area contributed by atoms with Gasteiger partial charge in [0.1, 0.15) is 5.69 Å². The molecule has 0 aliphatic heterocycles. The summed E-state index contributed by atoms with van der Waals surface area (Å²) in [7, 11) is 0. The van der Waals surface area contributed by atoms with Crippen LogP contribution in [0.2, 0.25) is 0 Å². The number of nitrogens with zero attached hydrogens (tertiary/aromatic N) is 1. The van der Waals surface area contributed by atoms with E-state index in [1.54, 1.807) is 24.0 Å². The maximum atomic E-state index is 12.3. The molecule has 1 amide bonds. The van der Waals surface area contributed by atoms with Crippen molar-refractivity contribution in [1.82, 2.24) is 10.3 Å². The van der Waals surface area contributed by atoms with E-state index in [2.05, 4.69) is 10.3 Å². The van der Waals surface area contributed by atoms with Crippen LogP contribution >= 0.6 is 11.8 Å². The van der Waals surface area contributed by atoms with Gasteiger partial charge in [0.05, 0.1) is 0 Å². The molecule has 3 rings (SSSR count). The van der Waals surface area contributed by atoms with Gasteiger partial charge in [-0.05, 0) is 42.0 Å². The second kappa shape index (κ2) is 7.66. The first-order valence-electron chi connectivity index (χ1n) is 7.52. The topological polar surface area (TPSA) is 68.0 Å². The Hall–Kier alpha value is -2.79. The van der Waals surface area contributed by atoms with Crippen LogP contribution in [0.1, 0.15) is 16.1 Å². The van der Waals surface area contributed by atoms with E-state index < -0.39 is 0 Å². The Labute approximate surface area is 145 Å². The van der Waals surface area contributed by atoms with Crippen LogP contribution in [0.3, 0.4) is 0 Å². The zero-order valence-corrected chi connectivity index (χ0v) is 13.8. The molecule has 0 bridgehead atoms. The van der Waals surface area contributed by atoms with Crippen LogP contribution in [-0.4, -0.2) is 10.9 Å². The number of nitrogen functional groups attached to an aromatic ring is 1. The number of aromatic nitrogens is 1. The third-order valence-electron chi connectivity index (χ3n) is 3.38. The van der Waals surface area contributed by atoms with Gasteiger partial charge in [-0.2, -0.15) is 0 Å². The standard InChI is InChI=1S/C19H17N3OS/c20-15-6-8-16(9-7-15)24-17-10-11-21-18(12-17)19(23)22-13-14-4-2-1-3-5-14/h1-12H,13,20H2,(H,22,23). The highest BCUT2D eigenvalue weighted by Crippen LogP contribution is 2.28. The third-order valence-corrected chi connectivity index (χ3v) is 4.37. The van der Waals surface area contributed by atoms with Crippen LogP contribution in [0.4, 0.5) is 5.69 Å². The average Bonchev–Trinajstić information content (AvgIpc) is 2.63. The highest BCUT2D eigenvalue weighted by Gasteiger charge is 2.08. The first-order chi connectivity index (χ1) is 11.7. The molecule has 0 radical (unpaired) electrons. The van der Waals surface area contributed by atoms with Gasteiger partial charge in [0, 0.05) is 28.2 Å². The molecule has 4 nitrogen and oxygen atoms in total. The Morgan fingerprint density at radius 2 is 1.75 bits per heavy atom. The van der Waals surface area contributed by atoms with Crippen molar-refractivity contribution in [3.63, 3.8) is 0 Å². The number of amides is 1. The second-order valence-electron chi connectivity index (χ2n) is 5.22. The van der Waals surface area contributed by atoms with Crippen LogP contribution in [0, 0.1) is 0 Å². The average molecular weight is 335 g/mol. The highest BCUT2D eigenvalue weighted by atomic mass is 32.2. The van der Waals surface area contributed by atoms with Gasteiger partial charge in [0.15, 0.2) is 0 Å². The second-order valence-corrected chi connectivity index (χ2v) is 6.36. The van der Waals surface area contributed by atoms with E-state index in [9.17, 15) is 4.79 Å². The molecule has 0 fully saturated rings. The maximum Gasteiger partial charge on any atom is 0.270 e. The van der Waals surface area contributed by atoms with Crippen molar-refractivity contribution < 1.29 is 4.79 Å². The molecule has 24 heavy (non-hydrogen) atoms. The van der Waals surface area contributed by atoms with Crippen LogP contribution in [-0.2, 0) is 6.54 Å². The van der Waals surface area contributed by atoms with E-state index in [-0.39, 0.29) is 5.91 Å². The van der Waals surface area contributed by atoms with Crippen LogP contribution in [0.25, 0.3) is 0 Å². The molecule has 3 N–H and O–H groups in total. The van der Waals surface area contributed by atoms with Crippen molar-refractivity contribution in [2.45, 2.75) is 16.3 Å². The maximum absolute atomic E-state index is 12.3. The van der Waals surface area contributed by atoms with Gasteiger partial charge >= 0.3 is 0 Å². The summed E-state index contributed by atoms with van der Waals surface area (Å²) in [4.78, 5) is 18.4. The zero-order chi connectivity index (χ0) is 16.8. The smallest absolute Gasteiger partial charge is 0.270 e. The summed E-state index contributed by atoms with van der Waals surface area (Å²) in [6.45, 7) is 0.483. The number of hydrogen-bond donors (Lipinski definition) is 2. The van der Waals surface area contributed by atoms with Gasteiger partial charge in [0.25, 0.3) is 5.91 Å². The first-order valence-corrected chi connectivity index (χ1v) is 8.34. The lowest BCUT2D eigenvalue weighted by Gasteiger charge is -2.07. The molecule has 0 aliphatic rings. The molecular weight excluding hydrogens is 318 g/mol. The quantitative estimate of drug-likeness (QED) is 0.697. The fourth-order valence-electron chi connectivity index (χ4n) is 2.14. The predicted octanol–water partition coefficient (Wildman–Crippen LogP) is 3.75. The van der Waals surface area contributed by atoms with Crippen LogP contribution in [0.5, 0.6) is 0 Å². The molecule has 5 heteroatoms. The number of nitrogens with one attached hydrogen (secondary N) is 1. The Morgan fingerprint density at radius 3 is 2.50 bits per heavy atom. The Kier molecular flexibility index (Phi) is 5.13. The molecule has 0 atom stereocenters. The van der Waals surface area contributed by atoms with Crippen molar-refractivity contribution >= 4 is 23.4 Å². The van der Waals surface area contributed by atoms with Gasteiger partial charge in [0.2, 0.25) is 0 Å². The van der Waals surface area contributed by atoms with Gasteiger partial charge < -0.3 is 11.1 Å². The van der Waals surface area contributed by atoms with Crippen molar-refractivity contribution in [3.8, 4) is 0 Å². The Morgan fingerprint density at radius 1 is 1.00 bits per heavy atom. The summed E-state index contributed by atoms with van der Waals surface area (Å²) in [6, 6.07) is 21.1. The molecule has 0 spiro atoms. The summed E-state index contributed by atoms with van der Waals surface area (Å²) in [5.41, 5.74) is 7.89. The normalized spacial score (nSPS) is 10.3. The molecule has 120 valence electrons. The molecule has 0 saturated carbocycles. The summed E-state index contributed by atoms with van der Waals surface area (Å²) in [6.07, 6.45) is 1.65. The summed E-state index contributed by atoms with van der Waals surface area (Å²) in [5, 5.41) is 2.89. The molecule has 0 aliphatic carbocycles. The van der Waals surface area contributed by atoms with Crippen molar-refractivity contribution in [2.75, 3.05) is 5.73 Å². The van der Waals surface area contributed by atoms with E-state index >= 15 is 0 Å². The lowest BCUT2D eigenvalue weighted by molar-refractivity contribution is 0.0945. The zero-order valence-electron chi connectivity index (χ0n) is 13.0. The molecular formula is C19H17N3OS. The van der Waals surface area contributed by atoms with E-state index in [1.165, 1.54) is 0 Å². The van der Waals surface area contributed by atoms with E-state index in [4.69, 9.17) is 5.73 Å². The molecule has 0 saturated heterocycles. The summed E-state index contributed by atoms with van der Waals surface area (Å²) >= 11 is 1.57. The Bertz CT molecular complexity index is 820. The van der Waals surface area contributed by atoms with Crippen molar-refractivity contribution in [2.24, 2.45) is 0 Å². The van der Waals surface area contributed by atoms with Gasteiger partial charge in [-0.15, -0.1) is 0 Å². The molecule has 2 aromatic carbocycles. The third kappa shape index (κ3) is 4.36. The number of benzene rings is 2. The van der Waals surface area contributed by atoms with Crippen LogP contribution in [0.15, 0.2) is 82.7 Å². The lowest BCUT2D eigenvalue weighted by Crippen LogP contribution is -2.23. The highest BCUT2D eigenvalue weighted by molar-refractivity contribution is 7.99. The Balaban J connectivity index is 1.65. The molecule has 1 heterocycles. The van der Waals surface area contributed by atoms with E-state index in [1.807, 2.05) is 60.7 Å². The number of rotatable bonds is 5. The first kappa shape index (κ1) is 16.1. The number of nitrogens with two attached hydrogens (primary N) is 1. The summed E-state index contributed by atoms with van der Waals surface area (Å²) in [5.74, 6) is -0.182. The van der Waals surface area contributed by atoms with Crippen LogP contribution < -0.4 is 11.1 Å². The summed E-state index contributed by atoms with van der Waals surface area (Å²) < 4.78 is 0. The van der Waals surface area contributed by atoms with Gasteiger partial charge in [-0.3, -0.25) is 9.78 Å². The molecule has 1 aromatic heterocycles. The largest absolute Gasteiger partial charge is 0.399 e. The number of hydrogen-bond acceptors (Lipinski definition) is 4. The number of pyridine rings is 1. The minimum atomic E-state index is -0.182. The minimum Gasteiger partial charge on any atom is -0.399 e. The predicted molar refractivity (Wildman–Crippen MR) is 96.8 cm³/mol. The number of anilines is 1. The monoisotopic (exact) mass is 335 g/mol.